The summed E-state index contributed by atoms with van der Waals surface area (Å²) in [6, 6.07) is 20.5. The van der Waals surface area contributed by atoms with Crippen LogP contribution in [0.5, 0.6) is 0 Å². The standard InChI is InChI=1S/C63H88Cl2N6O8/c1-40(2)38-70(54-28-16-44(42(5)32-60(74)78-62(7,8)9)34-52(54)68-46-18-30-56(64)66-36-46)48-20-24-50(25-21-48)76-58(72)14-13-15-59(73)77-51-26-22-49(23-27-51)71(39-41(3)4)55-29-17-45(43(6)33-61(75)79-63(10,11)12)35-53(55)69-47-19-31-57(65)67-37-47/h16-19,28-31,34-37,40-43,48-51,68-69H,13-15,20-27,32-33,38-39H2,1-12H3/t42-,43-,48-,49-,50-,51-/m1/s1. The Kier molecular flexibility index (Phi) is 22.7. The minimum absolute atomic E-state index is 0.0783. The SMILES string of the molecule is CC(C)CN(c1ccc([C@H](C)CC(=O)OC(C)(C)C)cc1Nc1ccc(Cl)nc1)[C@H]1CC[C@H](OC(=O)CCCC(=O)O[C@H]2CC[C@H](N(CC(C)C)c3ccc([C@H](C)CC(=O)OC(C)(C)C)cc3Nc3ccc(Cl)nc3)CC2)CC1. The highest BCUT2D eigenvalue weighted by atomic mass is 35.5. The van der Waals surface area contributed by atoms with Crippen molar-refractivity contribution in [3.8, 4) is 0 Å². The molecule has 14 nitrogen and oxygen atoms in total. The van der Waals surface area contributed by atoms with Crippen LogP contribution in [0.15, 0.2) is 73.1 Å². The highest BCUT2D eigenvalue weighted by molar-refractivity contribution is 6.29. The molecule has 4 aromatic rings. The largest absolute Gasteiger partial charge is 0.462 e. The van der Waals surface area contributed by atoms with Crippen LogP contribution in [0.25, 0.3) is 0 Å². The van der Waals surface area contributed by atoms with Gasteiger partial charge in [-0.25, -0.2) is 9.97 Å². The fourth-order valence-electron chi connectivity index (χ4n) is 10.6. The van der Waals surface area contributed by atoms with Crippen LogP contribution in [-0.2, 0) is 38.1 Å². The molecular weight excluding hydrogens is 1040 g/mol. The summed E-state index contributed by atoms with van der Waals surface area (Å²) in [7, 11) is 0. The highest BCUT2D eigenvalue weighted by Gasteiger charge is 2.33. The Morgan fingerprint density at radius 3 is 1.23 bits per heavy atom. The molecule has 2 aliphatic rings. The van der Waals surface area contributed by atoms with Gasteiger partial charge in [0.2, 0.25) is 0 Å². The zero-order valence-electron chi connectivity index (χ0n) is 49.0. The number of hydrogen-bond acceptors (Lipinski definition) is 14. The second kappa shape index (κ2) is 28.7. The van der Waals surface area contributed by atoms with Crippen molar-refractivity contribution >= 4 is 81.2 Å². The van der Waals surface area contributed by atoms with E-state index in [9.17, 15) is 19.2 Å². The Hall–Kier alpha value is -5.60. The minimum Gasteiger partial charge on any atom is -0.462 e. The summed E-state index contributed by atoms with van der Waals surface area (Å²) in [6.07, 6.45) is 10.5. The number of rotatable bonds is 24. The monoisotopic (exact) mass is 1130 g/mol. The van der Waals surface area contributed by atoms with Gasteiger partial charge < -0.3 is 39.4 Å². The van der Waals surface area contributed by atoms with Crippen LogP contribution < -0.4 is 20.4 Å². The molecule has 0 radical (unpaired) electrons. The van der Waals surface area contributed by atoms with Gasteiger partial charge >= 0.3 is 23.9 Å². The smallest absolute Gasteiger partial charge is 0.306 e. The van der Waals surface area contributed by atoms with Crippen LogP contribution in [0.1, 0.15) is 190 Å². The lowest BCUT2D eigenvalue weighted by atomic mass is 9.90. The minimum atomic E-state index is -0.561. The maximum absolute atomic E-state index is 13.2. The fourth-order valence-corrected chi connectivity index (χ4v) is 10.8. The molecule has 2 aromatic heterocycles. The Labute approximate surface area is 480 Å². The molecule has 79 heavy (non-hydrogen) atoms. The van der Waals surface area contributed by atoms with Gasteiger partial charge in [-0.3, -0.25) is 19.2 Å². The average Bonchev–Trinajstić information content (AvgIpc) is 3.36. The van der Waals surface area contributed by atoms with Gasteiger partial charge in [0.05, 0.1) is 59.4 Å². The normalized spacial score (nSPS) is 18.5. The first-order valence-electron chi connectivity index (χ1n) is 28.7. The number of halogens is 2. The first-order chi connectivity index (χ1) is 37.3. The summed E-state index contributed by atoms with van der Waals surface area (Å²) >= 11 is 12.3. The number of nitrogens with one attached hydrogen (secondary N) is 2. The van der Waals surface area contributed by atoms with Crippen LogP contribution in [0.4, 0.5) is 34.1 Å². The van der Waals surface area contributed by atoms with E-state index in [4.69, 9.17) is 42.1 Å². The van der Waals surface area contributed by atoms with Crippen molar-refractivity contribution in [2.24, 2.45) is 11.8 Å². The Bertz CT molecular complexity index is 2440. The number of nitrogens with zero attached hydrogens (tertiary/aromatic N) is 4. The highest BCUT2D eigenvalue weighted by Crippen LogP contribution is 2.40. The number of benzene rings is 2. The van der Waals surface area contributed by atoms with Gasteiger partial charge in [-0.05, 0) is 183 Å². The number of esters is 4. The van der Waals surface area contributed by atoms with Crippen LogP contribution in [0.2, 0.25) is 10.3 Å². The molecule has 2 aromatic carbocycles. The Morgan fingerprint density at radius 1 is 0.544 bits per heavy atom. The predicted octanol–water partition coefficient (Wildman–Crippen LogP) is 15.4. The van der Waals surface area contributed by atoms with E-state index >= 15 is 0 Å². The quantitative estimate of drug-likeness (QED) is 0.0387. The Balaban J connectivity index is 1.01. The first-order valence-corrected chi connectivity index (χ1v) is 29.4. The molecule has 16 heteroatoms. The molecule has 0 saturated heterocycles. The molecule has 6 rings (SSSR count). The third-order valence-electron chi connectivity index (χ3n) is 14.2. The van der Waals surface area contributed by atoms with Gasteiger partial charge in [0.1, 0.15) is 33.7 Å². The topological polar surface area (TPSA) is 162 Å². The number of anilines is 6. The molecule has 2 N–H and O–H groups in total. The Morgan fingerprint density at radius 2 is 0.911 bits per heavy atom. The molecule has 0 spiro atoms. The van der Waals surface area contributed by atoms with Crippen molar-refractivity contribution in [1.82, 2.24) is 9.97 Å². The van der Waals surface area contributed by atoms with E-state index in [1.165, 1.54) is 0 Å². The summed E-state index contributed by atoms with van der Waals surface area (Å²) in [5.41, 5.74) is 6.41. The van der Waals surface area contributed by atoms with Crippen LogP contribution in [0, 0.1) is 11.8 Å². The number of ether oxygens (including phenoxy) is 4. The summed E-state index contributed by atoms with van der Waals surface area (Å²) < 4.78 is 23.4. The second-order valence-electron chi connectivity index (χ2n) is 24.7. The van der Waals surface area contributed by atoms with Crippen molar-refractivity contribution in [2.45, 2.75) is 214 Å². The van der Waals surface area contributed by atoms with Crippen molar-refractivity contribution in [2.75, 3.05) is 33.5 Å². The third-order valence-corrected chi connectivity index (χ3v) is 14.7. The van der Waals surface area contributed by atoms with E-state index < -0.39 is 11.2 Å². The van der Waals surface area contributed by atoms with Gasteiger partial charge in [0.25, 0.3) is 0 Å². The van der Waals surface area contributed by atoms with E-state index in [1.54, 1.807) is 24.5 Å². The summed E-state index contributed by atoms with van der Waals surface area (Å²) in [5, 5.41) is 8.02. The van der Waals surface area contributed by atoms with Gasteiger partial charge in [-0.1, -0.05) is 76.9 Å². The lowest BCUT2D eigenvalue weighted by molar-refractivity contribution is -0.156. The molecule has 0 aliphatic heterocycles. The molecular formula is C63H88Cl2N6O8. The molecule has 0 bridgehead atoms. The lowest BCUT2D eigenvalue weighted by Gasteiger charge is -2.40. The third kappa shape index (κ3) is 20.5. The van der Waals surface area contributed by atoms with Crippen molar-refractivity contribution in [3.63, 3.8) is 0 Å². The first kappa shape index (κ1) is 62.6. The van der Waals surface area contributed by atoms with Crippen LogP contribution >= 0.6 is 23.2 Å². The summed E-state index contributed by atoms with van der Waals surface area (Å²) in [4.78, 5) is 65.7. The summed E-state index contributed by atoms with van der Waals surface area (Å²) in [5.74, 6) is -0.461. The number of hydrogen-bond donors (Lipinski definition) is 2. The van der Waals surface area contributed by atoms with E-state index in [1.807, 2.05) is 67.5 Å². The number of carbonyl (C=O) groups is 4. The molecule has 2 aliphatic carbocycles. The van der Waals surface area contributed by atoms with Crippen LogP contribution in [-0.4, -0.2) is 82.4 Å². The van der Waals surface area contributed by atoms with Gasteiger partial charge in [0, 0.05) is 38.0 Å². The molecule has 432 valence electrons. The van der Waals surface area contributed by atoms with Gasteiger partial charge in [-0.2, -0.15) is 0 Å². The van der Waals surface area contributed by atoms with Crippen molar-refractivity contribution < 1.29 is 38.1 Å². The molecule has 2 saturated carbocycles. The van der Waals surface area contributed by atoms with Gasteiger partial charge in [0.15, 0.2) is 0 Å². The molecule has 2 atom stereocenters. The summed E-state index contributed by atoms with van der Waals surface area (Å²) in [6.45, 7) is 25.9. The van der Waals surface area contributed by atoms with E-state index in [0.717, 1.165) is 110 Å². The molecule has 2 fully saturated rings. The van der Waals surface area contributed by atoms with E-state index in [-0.39, 0.29) is 85.7 Å². The fraction of sp³-hybridized carbons (Fsp3) is 0.587. The van der Waals surface area contributed by atoms with E-state index in [0.29, 0.717) is 28.6 Å². The molecule has 2 heterocycles. The number of carbonyl (C=O) groups excluding carboxylic acids is 4. The molecule has 0 amide bonds. The zero-order valence-corrected chi connectivity index (χ0v) is 50.5. The van der Waals surface area contributed by atoms with Crippen LogP contribution in [0.3, 0.4) is 0 Å². The van der Waals surface area contributed by atoms with Crippen molar-refractivity contribution in [1.29, 1.82) is 0 Å². The van der Waals surface area contributed by atoms with Gasteiger partial charge in [-0.15, -0.1) is 0 Å². The van der Waals surface area contributed by atoms with E-state index in [2.05, 4.69) is 94.5 Å². The maximum Gasteiger partial charge on any atom is 0.306 e. The lowest BCUT2D eigenvalue weighted by Crippen LogP contribution is -2.42. The predicted molar refractivity (Wildman–Crippen MR) is 318 cm³/mol. The van der Waals surface area contributed by atoms with Crippen molar-refractivity contribution in [3.05, 3.63) is 94.5 Å². The average molecular weight is 1130 g/mol. The molecule has 0 unspecified atom stereocenters. The number of aromatic nitrogens is 2. The second-order valence-corrected chi connectivity index (χ2v) is 25.5. The maximum atomic E-state index is 13.2. The number of pyridine rings is 2. The zero-order chi connectivity index (χ0) is 57.6.